The summed E-state index contributed by atoms with van der Waals surface area (Å²) in [6, 6.07) is 36.7. The van der Waals surface area contributed by atoms with Gasteiger partial charge in [0.05, 0.1) is 40.3 Å². The lowest BCUT2D eigenvalue weighted by Crippen LogP contribution is -2.04. The first-order chi connectivity index (χ1) is 19.1. The largest absolute Gasteiger partial charge is 0.497 e. The molecule has 0 saturated carbocycles. The summed E-state index contributed by atoms with van der Waals surface area (Å²) in [7, 11) is 6.70. The Morgan fingerprint density at radius 3 is 0.795 bits per heavy atom. The number of ether oxygens (including phenoxy) is 4. The number of rotatable bonds is 10. The molecule has 0 aliphatic heterocycles. The van der Waals surface area contributed by atoms with Gasteiger partial charge >= 0.3 is 0 Å². The standard InChI is InChI=1S/C34H32O5/c1-35-27-13-5-23(6-14-27)33(24-7-15-28(36-2)16-8-24)31-21-22-32(39-31)34(25-9-17-29(37-3)18-10-25)26-11-19-30(38-4)20-12-26/h5-22,33-34H,1-4H3. The van der Waals surface area contributed by atoms with E-state index in [1.54, 1.807) is 28.4 Å². The van der Waals surface area contributed by atoms with Crippen LogP contribution in [0.25, 0.3) is 0 Å². The smallest absolute Gasteiger partial charge is 0.118 e. The predicted molar refractivity (Wildman–Crippen MR) is 153 cm³/mol. The summed E-state index contributed by atoms with van der Waals surface area (Å²) in [4.78, 5) is 0. The monoisotopic (exact) mass is 520 g/mol. The summed E-state index contributed by atoms with van der Waals surface area (Å²) >= 11 is 0. The van der Waals surface area contributed by atoms with Gasteiger partial charge in [-0.3, -0.25) is 0 Å². The fraction of sp³-hybridized carbons (Fsp3) is 0.176. The maximum absolute atomic E-state index is 6.73. The summed E-state index contributed by atoms with van der Waals surface area (Å²) in [5.74, 6) is 4.74. The van der Waals surface area contributed by atoms with Gasteiger partial charge in [0.1, 0.15) is 34.5 Å². The van der Waals surface area contributed by atoms with Gasteiger partial charge < -0.3 is 23.4 Å². The highest BCUT2D eigenvalue weighted by Crippen LogP contribution is 2.39. The van der Waals surface area contributed by atoms with E-state index in [0.717, 1.165) is 56.8 Å². The third-order valence-electron chi connectivity index (χ3n) is 7.01. The van der Waals surface area contributed by atoms with E-state index in [4.69, 9.17) is 23.4 Å². The van der Waals surface area contributed by atoms with Gasteiger partial charge in [-0.2, -0.15) is 0 Å². The quantitative estimate of drug-likeness (QED) is 0.189. The second-order valence-electron chi connectivity index (χ2n) is 9.20. The Morgan fingerprint density at radius 1 is 0.359 bits per heavy atom. The van der Waals surface area contributed by atoms with Crippen LogP contribution in [0.2, 0.25) is 0 Å². The van der Waals surface area contributed by atoms with Crippen LogP contribution >= 0.6 is 0 Å². The zero-order valence-electron chi connectivity index (χ0n) is 22.6. The van der Waals surface area contributed by atoms with Crippen LogP contribution in [0, 0.1) is 0 Å². The second kappa shape index (κ2) is 11.8. The van der Waals surface area contributed by atoms with E-state index in [-0.39, 0.29) is 11.8 Å². The first-order valence-electron chi connectivity index (χ1n) is 12.8. The molecule has 0 bridgehead atoms. The molecule has 0 radical (unpaired) electrons. The van der Waals surface area contributed by atoms with E-state index in [2.05, 4.69) is 60.7 Å². The van der Waals surface area contributed by atoms with Crippen molar-refractivity contribution in [3.63, 3.8) is 0 Å². The Bertz CT molecular complexity index is 1260. The average molecular weight is 521 g/mol. The molecule has 0 N–H and O–H groups in total. The van der Waals surface area contributed by atoms with Crippen molar-refractivity contribution in [2.45, 2.75) is 11.8 Å². The van der Waals surface area contributed by atoms with Crippen LogP contribution in [-0.2, 0) is 0 Å². The molecule has 0 spiro atoms. The van der Waals surface area contributed by atoms with E-state index < -0.39 is 0 Å². The molecule has 0 unspecified atom stereocenters. The molecule has 0 amide bonds. The molecule has 0 aliphatic carbocycles. The molecule has 1 heterocycles. The molecule has 39 heavy (non-hydrogen) atoms. The first-order valence-corrected chi connectivity index (χ1v) is 12.8. The Kier molecular flexibility index (Phi) is 7.88. The Hall–Kier alpha value is -4.64. The Balaban J connectivity index is 1.59. The minimum Gasteiger partial charge on any atom is -0.497 e. The van der Waals surface area contributed by atoms with E-state index in [0.29, 0.717) is 0 Å². The van der Waals surface area contributed by atoms with Crippen molar-refractivity contribution in [1.29, 1.82) is 0 Å². The molecule has 1 aromatic heterocycles. The molecule has 0 atom stereocenters. The van der Waals surface area contributed by atoms with Crippen LogP contribution in [0.3, 0.4) is 0 Å². The van der Waals surface area contributed by atoms with Gasteiger partial charge in [-0.25, -0.2) is 0 Å². The van der Waals surface area contributed by atoms with Gasteiger partial charge in [-0.05, 0) is 82.9 Å². The molecule has 4 aromatic carbocycles. The minimum absolute atomic E-state index is 0.108. The van der Waals surface area contributed by atoms with Crippen LogP contribution in [0.4, 0.5) is 0 Å². The number of hydrogen-bond donors (Lipinski definition) is 0. The van der Waals surface area contributed by atoms with Crippen molar-refractivity contribution in [3.05, 3.63) is 143 Å². The third-order valence-corrected chi connectivity index (χ3v) is 7.01. The molecule has 5 rings (SSSR count). The Labute approximate surface area is 229 Å². The maximum atomic E-state index is 6.73. The molecule has 0 aliphatic rings. The van der Waals surface area contributed by atoms with Gasteiger partial charge in [0.25, 0.3) is 0 Å². The van der Waals surface area contributed by atoms with Gasteiger partial charge in [0.15, 0.2) is 0 Å². The number of furan rings is 1. The molecule has 5 heteroatoms. The fourth-order valence-electron chi connectivity index (χ4n) is 4.91. The van der Waals surface area contributed by atoms with E-state index in [9.17, 15) is 0 Å². The lowest BCUT2D eigenvalue weighted by atomic mass is 9.89. The van der Waals surface area contributed by atoms with Gasteiger partial charge in [0.2, 0.25) is 0 Å². The Morgan fingerprint density at radius 2 is 0.590 bits per heavy atom. The molecule has 5 aromatic rings. The highest BCUT2D eigenvalue weighted by Gasteiger charge is 2.25. The minimum atomic E-state index is -0.108. The number of benzene rings is 4. The molecule has 0 fully saturated rings. The van der Waals surface area contributed by atoms with Crippen molar-refractivity contribution in [3.8, 4) is 23.0 Å². The second-order valence-corrected chi connectivity index (χ2v) is 9.20. The molecule has 0 saturated heterocycles. The summed E-state index contributed by atoms with van der Waals surface area (Å²) in [6.07, 6.45) is 0. The van der Waals surface area contributed by atoms with Crippen molar-refractivity contribution in [2.75, 3.05) is 28.4 Å². The third kappa shape index (κ3) is 5.63. The van der Waals surface area contributed by atoms with Crippen LogP contribution < -0.4 is 18.9 Å². The van der Waals surface area contributed by atoms with Crippen molar-refractivity contribution < 1.29 is 23.4 Å². The zero-order chi connectivity index (χ0) is 27.2. The van der Waals surface area contributed by atoms with Crippen LogP contribution in [0.1, 0.15) is 45.6 Å². The lowest BCUT2D eigenvalue weighted by molar-refractivity contribution is 0.413. The zero-order valence-corrected chi connectivity index (χ0v) is 22.6. The van der Waals surface area contributed by atoms with Crippen LogP contribution in [0.15, 0.2) is 114 Å². The van der Waals surface area contributed by atoms with E-state index >= 15 is 0 Å². The fourth-order valence-corrected chi connectivity index (χ4v) is 4.91. The average Bonchev–Trinajstić information content (AvgIpc) is 3.47. The molecular formula is C34H32O5. The first kappa shape index (κ1) is 26.0. The van der Waals surface area contributed by atoms with Crippen molar-refractivity contribution in [1.82, 2.24) is 0 Å². The van der Waals surface area contributed by atoms with Gasteiger partial charge in [-0.15, -0.1) is 0 Å². The highest BCUT2D eigenvalue weighted by molar-refractivity contribution is 5.47. The van der Waals surface area contributed by atoms with Gasteiger partial charge in [0, 0.05) is 0 Å². The summed E-state index contributed by atoms with van der Waals surface area (Å²) in [5.41, 5.74) is 4.42. The predicted octanol–water partition coefficient (Wildman–Crippen LogP) is 7.67. The van der Waals surface area contributed by atoms with E-state index in [1.807, 2.05) is 48.5 Å². The van der Waals surface area contributed by atoms with E-state index in [1.165, 1.54) is 0 Å². The molecule has 198 valence electrons. The summed E-state index contributed by atoms with van der Waals surface area (Å²) in [5, 5.41) is 0. The normalized spacial score (nSPS) is 11.0. The highest BCUT2D eigenvalue weighted by atomic mass is 16.5. The number of methoxy groups -OCH3 is 4. The van der Waals surface area contributed by atoms with Crippen molar-refractivity contribution in [2.24, 2.45) is 0 Å². The van der Waals surface area contributed by atoms with Gasteiger partial charge in [-0.1, -0.05) is 48.5 Å². The number of hydrogen-bond acceptors (Lipinski definition) is 5. The van der Waals surface area contributed by atoms with Crippen LogP contribution in [0.5, 0.6) is 23.0 Å². The molecular weight excluding hydrogens is 488 g/mol. The summed E-state index contributed by atoms with van der Waals surface area (Å²) < 4.78 is 28.3. The molecule has 5 nitrogen and oxygen atoms in total. The SMILES string of the molecule is COc1ccc(C(c2ccc(OC)cc2)c2ccc(C(c3ccc(OC)cc3)c3ccc(OC)cc3)o2)cc1. The van der Waals surface area contributed by atoms with Crippen molar-refractivity contribution >= 4 is 0 Å². The van der Waals surface area contributed by atoms with Crippen LogP contribution in [-0.4, -0.2) is 28.4 Å². The summed E-state index contributed by atoms with van der Waals surface area (Å²) in [6.45, 7) is 0. The lowest BCUT2D eigenvalue weighted by Gasteiger charge is -2.19. The maximum Gasteiger partial charge on any atom is 0.118 e. The topological polar surface area (TPSA) is 50.1 Å².